The molecule has 6 aromatic carbocycles. The summed E-state index contributed by atoms with van der Waals surface area (Å²) < 4.78 is 17.7. The molecule has 0 saturated carbocycles. The lowest BCUT2D eigenvalue weighted by molar-refractivity contribution is 0.267. The Labute approximate surface area is 370 Å². The fourth-order valence-corrected chi connectivity index (χ4v) is 10.2. The van der Waals surface area contributed by atoms with Crippen LogP contribution >= 0.6 is 0 Å². The fraction of sp³-hybridized carbons (Fsp3) is 0.0702. The van der Waals surface area contributed by atoms with Crippen molar-refractivity contribution < 1.29 is 9.47 Å². The van der Waals surface area contributed by atoms with Crippen molar-refractivity contribution in [3.63, 3.8) is 0 Å². The first-order valence-electron chi connectivity index (χ1n) is 21.6. The number of para-hydroxylation sites is 3. The van der Waals surface area contributed by atoms with Crippen molar-refractivity contribution in [2.24, 2.45) is 9.98 Å². The van der Waals surface area contributed by atoms with Crippen LogP contribution < -0.4 is 9.47 Å². The summed E-state index contributed by atoms with van der Waals surface area (Å²) in [4.78, 5) is 10.1. The Morgan fingerprint density at radius 3 is 2.30 bits per heavy atom. The Morgan fingerprint density at radius 1 is 0.734 bits per heavy atom. The van der Waals surface area contributed by atoms with E-state index in [1.807, 2.05) is 48.8 Å². The summed E-state index contributed by atoms with van der Waals surface area (Å²) >= 11 is 0. The van der Waals surface area contributed by atoms with Crippen LogP contribution in [-0.2, 0) is 0 Å². The van der Waals surface area contributed by atoms with Crippen molar-refractivity contribution in [3.05, 3.63) is 217 Å². The summed E-state index contributed by atoms with van der Waals surface area (Å²) in [6.45, 7) is 8.11. The second-order valence-corrected chi connectivity index (χ2v) is 16.4. The van der Waals surface area contributed by atoms with Crippen LogP contribution in [-0.4, -0.2) is 39.4 Å². The Kier molecular flexibility index (Phi) is 8.76. The van der Waals surface area contributed by atoms with Gasteiger partial charge >= 0.3 is 0 Å². The van der Waals surface area contributed by atoms with Crippen LogP contribution in [0.3, 0.4) is 0 Å². The van der Waals surface area contributed by atoms with Crippen LogP contribution in [0.2, 0.25) is 0 Å². The summed E-state index contributed by atoms with van der Waals surface area (Å²) in [6.07, 6.45) is 18.0. The second kappa shape index (κ2) is 15.0. The number of benzene rings is 6. The van der Waals surface area contributed by atoms with Gasteiger partial charge in [0.15, 0.2) is 11.7 Å². The number of amidine groups is 2. The van der Waals surface area contributed by atoms with E-state index in [9.17, 15) is 5.41 Å². The van der Waals surface area contributed by atoms with E-state index in [0.29, 0.717) is 11.4 Å². The highest BCUT2D eigenvalue weighted by Gasteiger charge is 2.39. The smallest absolute Gasteiger partial charge is 0.163 e. The van der Waals surface area contributed by atoms with E-state index in [-0.39, 0.29) is 24.0 Å². The molecule has 1 N–H and O–H groups in total. The second-order valence-electron chi connectivity index (χ2n) is 16.4. The lowest BCUT2D eigenvalue weighted by Gasteiger charge is -2.22. The van der Waals surface area contributed by atoms with Crippen molar-refractivity contribution in [1.29, 1.82) is 5.41 Å². The van der Waals surface area contributed by atoms with Crippen LogP contribution in [0.4, 0.5) is 0 Å². The van der Waals surface area contributed by atoms with Gasteiger partial charge in [-0.05, 0) is 47.5 Å². The number of ether oxygens (including phenoxy) is 2. The van der Waals surface area contributed by atoms with Crippen molar-refractivity contribution in [2.75, 3.05) is 0 Å². The molecule has 12 rings (SSSR count). The highest BCUT2D eigenvalue weighted by atomic mass is 16.5. The molecule has 64 heavy (non-hydrogen) atoms. The number of rotatable bonds is 7. The van der Waals surface area contributed by atoms with E-state index < -0.39 is 0 Å². The molecular formula is C57H41N5O2. The first-order valence-corrected chi connectivity index (χ1v) is 21.6. The molecule has 7 nitrogen and oxygen atoms in total. The van der Waals surface area contributed by atoms with E-state index in [2.05, 4.69) is 150 Å². The summed E-state index contributed by atoms with van der Waals surface area (Å²) in [5.41, 5.74) is 12.3. The molecule has 306 valence electrons. The topological polar surface area (TPSA) is 76.9 Å². The predicted octanol–water partition coefficient (Wildman–Crippen LogP) is 13.3. The van der Waals surface area contributed by atoms with Crippen LogP contribution in [0.25, 0.3) is 66.0 Å². The molecule has 0 spiro atoms. The lowest BCUT2D eigenvalue weighted by atomic mass is 9.84. The van der Waals surface area contributed by atoms with Gasteiger partial charge in [0.2, 0.25) is 0 Å². The maximum absolute atomic E-state index is 9.48. The third kappa shape index (κ3) is 5.71. The molecule has 2 aliphatic heterocycles. The third-order valence-electron chi connectivity index (χ3n) is 12.9. The van der Waals surface area contributed by atoms with Gasteiger partial charge in [0.25, 0.3) is 0 Å². The van der Waals surface area contributed by atoms with Crippen LogP contribution in [0.15, 0.2) is 216 Å². The number of nitrogens with zero attached hydrogens (tertiary/aromatic N) is 4. The first-order chi connectivity index (χ1) is 31.6. The molecule has 2 aromatic heterocycles. The molecule has 0 saturated heterocycles. The molecule has 0 fully saturated rings. The van der Waals surface area contributed by atoms with Gasteiger partial charge in [-0.25, -0.2) is 9.98 Å². The van der Waals surface area contributed by atoms with E-state index in [1.54, 1.807) is 12.2 Å². The zero-order valence-corrected chi connectivity index (χ0v) is 34.9. The molecule has 0 radical (unpaired) electrons. The van der Waals surface area contributed by atoms with Crippen LogP contribution in [0.5, 0.6) is 11.5 Å². The Hall–Kier alpha value is -8.29. The maximum atomic E-state index is 9.48. The van der Waals surface area contributed by atoms with Crippen LogP contribution in [0, 0.1) is 5.41 Å². The van der Waals surface area contributed by atoms with Crippen molar-refractivity contribution in [3.8, 4) is 22.6 Å². The van der Waals surface area contributed by atoms with E-state index in [1.165, 1.54) is 5.57 Å². The van der Waals surface area contributed by atoms with E-state index in [0.717, 1.165) is 95.1 Å². The number of allylic oxidation sites excluding steroid dienone is 6. The minimum Gasteiger partial charge on any atom is -0.485 e. The quantitative estimate of drug-likeness (QED) is 0.0987. The van der Waals surface area contributed by atoms with Crippen molar-refractivity contribution in [1.82, 2.24) is 9.13 Å². The number of aromatic nitrogens is 2. The third-order valence-corrected chi connectivity index (χ3v) is 12.9. The zero-order valence-electron chi connectivity index (χ0n) is 34.9. The van der Waals surface area contributed by atoms with Gasteiger partial charge in [0.1, 0.15) is 30.0 Å². The van der Waals surface area contributed by atoms with Gasteiger partial charge in [0, 0.05) is 55.8 Å². The van der Waals surface area contributed by atoms with E-state index >= 15 is 0 Å². The average Bonchev–Trinajstić information content (AvgIpc) is 4.10. The van der Waals surface area contributed by atoms with Gasteiger partial charge in [-0.1, -0.05) is 159 Å². The van der Waals surface area contributed by atoms with Crippen LogP contribution in [0.1, 0.15) is 23.5 Å². The number of hydrogen-bond acceptors (Lipinski definition) is 3. The van der Waals surface area contributed by atoms with E-state index in [4.69, 9.17) is 19.5 Å². The SMILES string of the molecule is C=C/C=C(C=C)/C(=N/C(=N)C1=CC=CC2Oc3ccccc3C12)/N=C/n1c2ccccc2c2ccc3c4ccccc4n(C4=C5c6c(cccc6-c6ccccc6)OC5CC=C4)c3c21. The monoisotopic (exact) mass is 827 g/mol. The number of nitrogens with one attached hydrogen (secondary N) is 1. The molecule has 4 aliphatic rings. The Balaban J connectivity index is 1.10. The summed E-state index contributed by atoms with van der Waals surface area (Å²) in [7, 11) is 0. The van der Waals surface area contributed by atoms with Crippen molar-refractivity contribution >= 4 is 72.9 Å². The number of aliphatic imine (C=N–C) groups is 2. The number of hydrogen-bond donors (Lipinski definition) is 1. The minimum atomic E-state index is -0.214. The largest absolute Gasteiger partial charge is 0.485 e. The van der Waals surface area contributed by atoms with Crippen molar-refractivity contribution in [2.45, 2.75) is 24.5 Å². The first kappa shape index (κ1) is 37.5. The van der Waals surface area contributed by atoms with Gasteiger partial charge < -0.3 is 14.0 Å². The zero-order chi connectivity index (χ0) is 42.9. The number of fused-ring (bicyclic) bond motifs is 13. The molecule has 3 atom stereocenters. The lowest BCUT2D eigenvalue weighted by Crippen LogP contribution is -2.23. The summed E-state index contributed by atoms with van der Waals surface area (Å²) in [5.74, 6) is 2.02. The fourth-order valence-electron chi connectivity index (χ4n) is 10.2. The molecule has 8 aromatic rings. The molecule has 4 heterocycles. The normalized spacial score (nSPS) is 18.9. The standard InChI is InChI=1S/C57H41N5O2/c1-3-17-35(4-2)57(60-56(58)43-24-15-29-48-51(43)42-22-10-13-28-47(42)63-48)59-34-61-44-25-11-8-20-38(44)40-32-33-41-39-21-9-12-26-45(39)62(55(41)54(40)61)46-27-16-31-50-53(46)52-37(23-14-30-49(52)64-50)36-18-6-5-7-19-36/h3-30,32-34,48,50-51,58H,1-2,31H2/b35-17+,58-56?,59-34+,60-57-. The minimum absolute atomic E-state index is 0.106. The molecule has 3 unspecified atom stereocenters. The molecule has 0 amide bonds. The van der Waals surface area contributed by atoms with Gasteiger partial charge in [-0.15, -0.1) is 0 Å². The van der Waals surface area contributed by atoms with Gasteiger partial charge in [0.05, 0.1) is 33.7 Å². The predicted molar refractivity (Wildman–Crippen MR) is 264 cm³/mol. The molecule has 2 aliphatic carbocycles. The van der Waals surface area contributed by atoms with Gasteiger partial charge in [-0.3, -0.25) is 9.98 Å². The maximum Gasteiger partial charge on any atom is 0.163 e. The molecule has 7 heteroatoms. The highest BCUT2D eigenvalue weighted by molar-refractivity contribution is 6.26. The Bertz CT molecular complexity index is 3550. The van der Waals surface area contributed by atoms with Gasteiger partial charge in [-0.2, -0.15) is 0 Å². The average molecular weight is 828 g/mol. The molecular weight excluding hydrogens is 787 g/mol. The highest BCUT2D eigenvalue weighted by Crippen LogP contribution is 2.51. The summed E-state index contributed by atoms with van der Waals surface area (Å²) in [6, 6.07) is 46.6. The Morgan fingerprint density at radius 2 is 1.47 bits per heavy atom. The summed E-state index contributed by atoms with van der Waals surface area (Å²) in [5, 5.41) is 13.9. The molecule has 0 bridgehead atoms.